The molecule has 0 aliphatic carbocycles. The van der Waals surface area contributed by atoms with E-state index in [1.165, 1.54) is 12.1 Å². The Hall–Kier alpha value is -2.00. The molecule has 94 valence electrons. The molecular formula is C12H13N3O2S. The minimum absolute atomic E-state index is 0.0755. The van der Waals surface area contributed by atoms with Gasteiger partial charge in [-0.3, -0.25) is 10.1 Å². The molecule has 0 saturated carbocycles. The molecule has 1 rings (SSSR count). The van der Waals surface area contributed by atoms with Crippen LogP contribution in [0.25, 0.3) is 0 Å². The van der Waals surface area contributed by atoms with Crippen molar-refractivity contribution in [3.8, 4) is 6.07 Å². The first kappa shape index (κ1) is 14.1. The first-order valence-electron chi connectivity index (χ1n) is 5.30. The average Bonchev–Trinajstić information content (AvgIpc) is 2.38. The van der Waals surface area contributed by atoms with Crippen molar-refractivity contribution in [2.45, 2.75) is 0 Å². The highest BCUT2D eigenvalue weighted by Gasteiger charge is 2.13. The molecule has 6 heteroatoms. The van der Waals surface area contributed by atoms with Gasteiger partial charge in [-0.05, 0) is 12.1 Å². The predicted octanol–water partition coefficient (Wildman–Crippen LogP) is 2.80. The third kappa shape index (κ3) is 4.11. The van der Waals surface area contributed by atoms with E-state index in [1.54, 1.807) is 23.9 Å². The number of thioether (sulfide) groups is 1. The van der Waals surface area contributed by atoms with Crippen LogP contribution >= 0.6 is 11.8 Å². The maximum atomic E-state index is 10.8. The van der Waals surface area contributed by atoms with Gasteiger partial charge in [0.05, 0.1) is 4.92 Å². The van der Waals surface area contributed by atoms with E-state index in [4.69, 9.17) is 5.26 Å². The lowest BCUT2D eigenvalue weighted by Gasteiger charge is -2.05. The molecule has 0 heterocycles. The number of benzene rings is 1. The molecule has 5 nitrogen and oxygen atoms in total. The lowest BCUT2D eigenvalue weighted by atomic mass is 10.2. The summed E-state index contributed by atoms with van der Waals surface area (Å²) in [6.07, 6.45) is 1.83. The smallest absolute Gasteiger partial charge is 0.289 e. The fraction of sp³-hybridized carbons (Fsp3) is 0.250. The minimum atomic E-state index is -0.545. The molecule has 0 spiro atoms. The van der Waals surface area contributed by atoms with Gasteiger partial charge in [0.1, 0.15) is 11.6 Å². The summed E-state index contributed by atoms with van der Waals surface area (Å²) in [5.41, 5.74) is 0.563. The molecule has 0 fully saturated rings. The number of rotatable bonds is 7. The van der Waals surface area contributed by atoms with Gasteiger partial charge in [0, 0.05) is 29.8 Å². The van der Waals surface area contributed by atoms with Gasteiger partial charge in [-0.25, -0.2) is 0 Å². The zero-order valence-corrected chi connectivity index (χ0v) is 10.6. The van der Waals surface area contributed by atoms with Gasteiger partial charge in [0.15, 0.2) is 0 Å². The van der Waals surface area contributed by atoms with E-state index in [0.717, 1.165) is 11.5 Å². The van der Waals surface area contributed by atoms with E-state index in [1.807, 2.05) is 6.08 Å². The second-order valence-electron chi connectivity index (χ2n) is 3.39. The summed E-state index contributed by atoms with van der Waals surface area (Å²) >= 11 is 1.72. The number of nitriles is 1. The highest BCUT2D eigenvalue weighted by Crippen LogP contribution is 2.22. The van der Waals surface area contributed by atoms with Crippen LogP contribution in [0.2, 0.25) is 0 Å². The molecule has 1 N–H and O–H groups in total. The van der Waals surface area contributed by atoms with Crippen LogP contribution in [-0.4, -0.2) is 23.0 Å². The molecule has 0 bridgehead atoms. The Kier molecular flexibility index (Phi) is 5.74. The van der Waals surface area contributed by atoms with Crippen molar-refractivity contribution < 1.29 is 4.92 Å². The van der Waals surface area contributed by atoms with Crippen molar-refractivity contribution in [2.24, 2.45) is 0 Å². The molecule has 0 aliphatic heterocycles. The monoisotopic (exact) mass is 263 g/mol. The van der Waals surface area contributed by atoms with Crippen LogP contribution in [-0.2, 0) is 0 Å². The fourth-order valence-corrected chi connectivity index (χ4v) is 1.90. The summed E-state index contributed by atoms with van der Waals surface area (Å²) in [5, 5.41) is 22.6. The van der Waals surface area contributed by atoms with Crippen LogP contribution in [0.1, 0.15) is 5.56 Å². The second-order valence-corrected chi connectivity index (χ2v) is 4.54. The topological polar surface area (TPSA) is 79.0 Å². The van der Waals surface area contributed by atoms with Gasteiger partial charge in [-0.1, -0.05) is 6.08 Å². The van der Waals surface area contributed by atoms with Gasteiger partial charge in [-0.15, -0.1) is 6.58 Å². The molecule has 18 heavy (non-hydrogen) atoms. The molecule has 1 aromatic carbocycles. The molecule has 0 aliphatic rings. The third-order valence-electron chi connectivity index (χ3n) is 2.13. The number of hydrogen-bond donors (Lipinski definition) is 1. The van der Waals surface area contributed by atoms with Crippen molar-refractivity contribution in [2.75, 3.05) is 23.4 Å². The Bertz CT molecular complexity index is 483. The number of hydrogen-bond acceptors (Lipinski definition) is 5. The van der Waals surface area contributed by atoms with E-state index in [2.05, 4.69) is 11.9 Å². The summed E-state index contributed by atoms with van der Waals surface area (Å²) in [7, 11) is 0. The van der Waals surface area contributed by atoms with E-state index in [0.29, 0.717) is 12.2 Å². The highest BCUT2D eigenvalue weighted by atomic mass is 32.2. The number of anilines is 1. The lowest BCUT2D eigenvalue weighted by molar-refractivity contribution is -0.385. The van der Waals surface area contributed by atoms with Crippen molar-refractivity contribution >= 4 is 23.1 Å². The van der Waals surface area contributed by atoms with Gasteiger partial charge in [0.25, 0.3) is 5.69 Å². The first-order valence-corrected chi connectivity index (χ1v) is 6.45. The summed E-state index contributed by atoms with van der Waals surface area (Å²) < 4.78 is 0. The molecule has 0 radical (unpaired) electrons. The zero-order chi connectivity index (χ0) is 13.4. The minimum Gasteiger partial charge on any atom is -0.384 e. The zero-order valence-electron chi connectivity index (χ0n) is 9.76. The quantitative estimate of drug-likeness (QED) is 0.354. The van der Waals surface area contributed by atoms with Crippen molar-refractivity contribution in [3.63, 3.8) is 0 Å². The van der Waals surface area contributed by atoms with Gasteiger partial charge in [0.2, 0.25) is 0 Å². The molecule has 0 aromatic heterocycles. The first-order chi connectivity index (χ1) is 8.69. The Labute approximate surface area is 110 Å². The number of nitro groups is 1. The SMILES string of the molecule is C=CCSCCNc1ccc(C#N)c([N+](=O)[O-])c1. The molecular weight excluding hydrogens is 250 g/mol. The Morgan fingerprint density at radius 3 is 3.00 bits per heavy atom. The normalized spacial score (nSPS) is 9.50. The lowest BCUT2D eigenvalue weighted by Crippen LogP contribution is -2.05. The van der Waals surface area contributed by atoms with Crippen LogP contribution in [0, 0.1) is 21.4 Å². The Morgan fingerprint density at radius 1 is 1.61 bits per heavy atom. The van der Waals surface area contributed by atoms with E-state index >= 15 is 0 Å². The maximum absolute atomic E-state index is 10.8. The van der Waals surface area contributed by atoms with E-state index in [-0.39, 0.29) is 11.3 Å². The fourth-order valence-electron chi connectivity index (χ4n) is 1.32. The van der Waals surface area contributed by atoms with E-state index in [9.17, 15) is 10.1 Å². The van der Waals surface area contributed by atoms with Crippen LogP contribution < -0.4 is 5.32 Å². The van der Waals surface area contributed by atoms with Crippen LogP contribution in [0.15, 0.2) is 30.9 Å². The van der Waals surface area contributed by atoms with Crippen LogP contribution in [0.5, 0.6) is 0 Å². The molecule has 0 atom stereocenters. The maximum Gasteiger partial charge on any atom is 0.289 e. The molecule has 0 amide bonds. The van der Waals surface area contributed by atoms with Crippen molar-refractivity contribution in [1.29, 1.82) is 5.26 Å². The summed E-state index contributed by atoms with van der Waals surface area (Å²) in [6.45, 7) is 4.33. The van der Waals surface area contributed by atoms with Crippen molar-refractivity contribution in [1.82, 2.24) is 0 Å². The van der Waals surface area contributed by atoms with Crippen LogP contribution in [0.3, 0.4) is 0 Å². The number of nitrogens with one attached hydrogen (secondary N) is 1. The summed E-state index contributed by atoms with van der Waals surface area (Å²) in [6, 6.07) is 6.32. The third-order valence-corrected chi connectivity index (χ3v) is 3.09. The second kappa shape index (κ2) is 7.35. The Balaban J connectivity index is 2.62. The van der Waals surface area contributed by atoms with E-state index < -0.39 is 4.92 Å². The van der Waals surface area contributed by atoms with Gasteiger partial charge >= 0.3 is 0 Å². The van der Waals surface area contributed by atoms with Crippen molar-refractivity contribution in [3.05, 3.63) is 46.5 Å². The van der Waals surface area contributed by atoms with Gasteiger partial charge < -0.3 is 5.32 Å². The molecule has 0 unspecified atom stereocenters. The summed E-state index contributed by atoms with van der Waals surface area (Å²) in [5.74, 6) is 1.77. The molecule has 0 saturated heterocycles. The van der Waals surface area contributed by atoms with Crippen LogP contribution in [0.4, 0.5) is 11.4 Å². The van der Waals surface area contributed by atoms with Gasteiger partial charge in [-0.2, -0.15) is 17.0 Å². The molecule has 1 aromatic rings. The Morgan fingerprint density at radius 2 is 2.39 bits per heavy atom. The average molecular weight is 263 g/mol. The largest absolute Gasteiger partial charge is 0.384 e. The standard InChI is InChI=1S/C12H13N3O2S/c1-2-6-18-7-5-14-11-4-3-10(9-13)12(8-11)15(16)17/h2-4,8,14H,1,5-7H2. The number of nitro benzene ring substituents is 1. The number of nitrogens with zero attached hydrogens (tertiary/aromatic N) is 2. The predicted molar refractivity (Wildman–Crippen MR) is 73.8 cm³/mol. The summed E-state index contributed by atoms with van der Waals surface area (Å²) in [4.78, 5) is 10.2. The highest BCUT2D eigenvalue weighted by molar-refractivity contribution is 7.99.